The van der Waals surface area contributed by atoms with Crippen LogP contribution in [0.15, 0.2) is 24.3 Å². The number of hydrogen-bond donors (Lipinski definition) is 2. The molecule has 1 aliphatic rings. The molecule has 150 valence electrons. The second kappa shape index (κ2) is 7.87. The Morgan fingerprint density at radius 1 is 1.25 bits per heavy atom. The van der Waals surface area contributed by atoms with E-state index in [-0.39, 0.29) is 17.7 Å². The summed E-state index contributed by atoms with van der Waals surface area (Å²) in [6.07, 6.45) is 1.35. The molecular weight excluding hydrogens is 376 g/mol. The number of carbonyl (C=O) groups excluding carboxylic acids is 3. The van der Waals surface area contributed by atoms with Crippen LogP contribution in [0, 0.1) is 5.41 Å². The molecule has 0 bridgehead atoms. The van der Waals surface area contributed by atoms with Crippen LogP contribution in [0.5, 0.6) is 0 Å². The number of amides is 3. The normalized spacial score (nSPS) is 18.1. The van der Waals surface area contributed by atoms with Crippen LogP contribution in [0.2, 0.25) is 0 Å². The number of rotatable bonds is 4. The largest absolute Gasteiger partial charge is 0.344 e. The Labute approximate surface area is 168 Å². The van der Waals surface area contributed by atoms with E-state index >= 15 is 0 Å². The van der Waals surface area contributed by atoms with E-state index in [1.54, 1.807) is 32.6 Å². The molecule has 1 aromatic carbocycles. The van der Waals surface area contributed by atoms with Gasteiger partial charge in [0.2, 0.25) is 17.7 Å². The van der Waals surface area contributed by atoms with Gasteiger partial charge in [-0.15, -0.1) is 0 Å². The number of fused-ring (bicyclic) bond motifs is 1. The molecule has 0 aliphatic carbocycles. The van der Waals surface area contributed by atoms with Crippen LogP contribution in [0.3, 0.4) is 0 Å². The number of anilines is 1. The summed E-state index contributed by atoms with van der Waals surface area (Å²) in [5.74, 6) is -0.665. The van der Waals surface area contributed by atoms with Crippen molar-refractivity contribution >= 4 is 44.4 Å². The zero-order valence-corrected chi connectivity index (χ0v) is 17.4. The molecule has 0 saturated carbocycles. The van der Waals surface area contributed by atoms with E-state index < -0.39 is 17.5 Å². The summed E-state index contributed by atoms with van der Waals surface area (Å²) >= 11 is 1.41. The van der Waals surface area contributed by atoms with Gasteiger partial charge in [0.25, 0.3) is 0 Å². The first-order chi connectivity index (χ1) is 13.2. The van der Waals surface area contributed by atoms with Crippen molar-refractivity contribution in [1.82, 2.24) is 15.2 Å². The Bertz CT molecular complexity index is 869. The van der Waals surface area contributed by atoms with Gasteiger partial charge in [-0.3, -0.25) is 14.4 Å². The molecule has 28 heavy (non-hydrogen) atoms. The number of carbonyl (C=O) groups is 3. The third-order valence-corrected chi connectivity index (χ3v) is 5.71. The monoisotopic (exact) mass is 402 g/mol. The average Bonchev–Trinajstić information content (AvgIpc) is 3.26. The number of hydrogen-bond acceptors (Lipinski definition) is 5. The highest BCUT2D eigenvalue weighted by Gasteiger charge is 2.37. The van der Waals surface area contributed by atoms with Crippen molar-refractivity contribution in [3.8, 4) is 0 Å². The third kappa shape index (κ3) is 4.32. The fourth-order valence-electron chi connectivity index (χ4n) is 3.14. The number of thiazole rings is 1. The Kier molecular flexibility index (Phi) is 5.69. The van der Waals surface area contributed by atoms with Crippen molar-refractivity contribution < 1.29 is 14.4 Å². The second-order valence-corrected chi connectivity index (χ2v) is 9.14. The van der Waals surface area contributed by atoms with E-state index in [0.717, 1.165) is 16.6 Å². The quantitative estimate of drug-likeness (QED) is 0.823. The van der Waals surface area contributed by atoms with Gasteiger partial charge in [0.15, 0.2) is 5.13 Å². The minimum atomic E-state index is -0.678. The lowest BCUT2D eigenvalue weighted by Gasteiger charge is -2.28. The van der Waals surface area contributed by atoms with Gasteiger partial charge in [0, 0.05) is 12.0 Å². The third-order valence-electron chi connectivity index (χ3n) is 4.76. The molecule has 2 atom stereocenters. The van der Waals surface area contributed by atoms with Crippen LogP contribution in [0.4, 0.5) is 5.13 Å². The standard InChI is InChI=1S/C20H26N4O3S/c1-12(21-18(27)20(2,3)4)17(26)24-11-7-9-14(24)16(25)23-19-22-13-8-5-6-10-15(13)28-19/h5-6,8,10,12,14H,7,9,11H2,1-4H3,(H,21,27)(H,22,23,25). The molecular formula is C20H26N4O3S. The number of aromatic nitrogens is 1. The van der Waals surface area contributed by atoms with Crippen LogP contribution in [-0.2, 0) is 14.4 Å². The van der Waals surface area contributed by atoms with Gasteiger partial charge in [0.1, 0.15) is 12.1 Å². The SMILES string of the molecule is CC(NC(=O)C(C)(C)C)C(=O)N1CCCC1C(=O)Nc1nc2ccccc2s1. The molecule has 3 amide bonds. The fraction of sp³-hybridized carbons (Fsp3) is 0.500. The average molecular weight is 403 g/mol. The van der Waals surface area contributed by atoms with Gasteiger partial charge >= 0.3 is 0 Å². The Hall–Kier alpha value is -2.48. The molecule has 1 fully saturated rings. The predicted molar refractivity (Wildman–Crippen MR) is 110 cm³/mol. The maximum absolute atomic E-state index is 12.8. The highest BCUT2D eigenvalue weighted by atomic mass is 32.1. The van der Waals surface area contributed by atoms with Crippen molar-refractivity contribution in [3.63, 3.8) is 0 Å². The summed E-state index contributed by atoms with van der Waals surface area (Å²) in [5, 5.41) is 6.13. The first-order valence-electron chi connectivity index (χ1n) is 9.44. The van der Waals surface area contributed by atoms with Gasteiger partial charge in [-0.1, -0.05) is 44.2 Å². The van der Waals surface area contributed by atoms with E-state index in [0.29, 0.717) is 18.1 Å². The summed E-state index contributed by atoms with van der Waals surface area (Å²) in [4.78, 5) is 43.8. The van der Waals surface area contributed by atoms with Crippen molar-refractivity contribution in [2.24, 2.45) is 5.41 Å². The van der Waals surface area contributed by atoms with E-state index in [1.807, 2.05) is 24.3 Å². The summed E-state index contributed by atoms with van der Waals surface area (Å²) in [6, 6.07) is 6.45. The summed E-state index contributed by atoms with van der Waals surface area (Å²) < 4.78 is 0.996. The lowest BCUT2D eigenvalue weighted by Crippen LogP contribution is -2.52. The minimum Gasteiger partial charge on any atom is -0.344 e. The zero-order chi connectivity index (χ0) is 20.5. The second-order valence-electron chi connectivity index (χ2n) is 8.11. The Balaban J connectivity index is 1.66. The Morgan fingerprint density at radius 3 is 2.64 bits per heavy atom. The van der Waals surface area contributed by atoms with Crippen LogP contribution in [0.1, 0.15) is 40.5 Å². The van der Waals surface area contributed by atoms with Crippen LogP contribution < -0.4 is 10.6 Å². The molecule has 2 heterocycles. The smallest absolute Gasteiger partial charge is 0.248 e. The molecule has 2 unspecified atom stereocenters. The summed E-state index contributed by atoms with van der Waals surface area (Å²) in [6.45, 7) is 7.55. The van der Waals surface area contributed by atoms with Crippen molar-refractivity contribution in [1.29, 1.82) is 0 Å². The first-order valence-corrected chi connectivity index (χ1v) is 10.3. The highest BCUT2D eigenvalue weighted by molar-refractivity contribution is 7.22. The maximum atomic E-state index is 12.8. The number of benzene rings is 1. The molecule has 0 radical (unpaired) electrons. The first kappa shape index (κ1) is 20.3. The Morgan fingerprint density at radius 2 is 1.96 bits per heavy atom. The van der Waals surface area contributed by atoms with E-state index in [9.17, 15) is 14.4 Å². The topological polar surface area (TPSA) is 91.4 Å². The molecule has 7 nitrogen and oxygen atoms in total. The molecule has 0 spiro atoms. The molecule has 1 saturated heterocycles. The van der Waals surface area contributed by atoms with Gasteiger partial charge in [0.05, 0.1) is 10.2 Å². The molecule has 1 aliphatic heterocycles. The maximum Gasteiger partial charge on any atom is 0.248 e. The molecule has 2 aromatic rings. The van der Waals surface area contributed by atoms with Crippen LogP contribution >= 0.6 is 11.3 Å². The predicted octanol–water partition coefficient (Wildman–Crippen LogP) is 2.78. The number of likely N-dealkylation sites (tertiary alicyclic amines) is 1. The summed E-state index contributed by atoms with van der Waals surface area (Å²) in [5.41, 5.74) is 0.254. The van der Waals surface area contributed by atoms with Gasteiger partial charge < -0.3 is 15.5 Å². The van der Waals surface area contributed by atoms with Crippen LogP contribution in [0.25, 0.3) is 10.2 Å². The zero-order valence-electron chi connectivity index (χ0n) is 16.6. The number of nitrogens with zero attached hydrogens (tertiary/aromatic N) is 2. The van der Waals surface area contributed by atoms with Crippen molar-refractivity contribution in [2.75, 3.05) is 11.9 Å². The van der Waals surface area contributed by atoms with E-state index in [2.05, 4.69) is 15.6 Å². The molecule has 2 N–H and O–H groups in total. The van der Waals surface area contributed by atoms with Crippen molar-refractivity contribution in [3.05, 3.63) is 24.3 Å². The lowest BCUT2D eigenvalue weighted by atomic mass is 9.95. The molecule has 1 aromatic heterocycles. The van der Waals surface area contributed by atoms with Crippen molar-refractivity contribution in [2.45, 2.75) is 52.6 Å². The highest BCUT2D eigenvalue weighted by Crippen LogP contribution is 2.27. The molecule has 8 heteroatoms. The number of para-hydroxylation sites is 1. The fourth-order valence-corrected chi connectivity index (χ4v) is 4.01. The molecule has 3 rings (SSSR count). The van der Waals surface area contributed by atoms with Gasteiger partial charge in [-0.2, -0.15) is 0 Å². The number of nitrogens with one attached hydrogen (secondary N) is 2. The van der Waals surface area contributed by atoms with E-state index in [1.165, 1.54) is 11.3 Å². The summed E-state index contributed by atoms with van der Waals surface area (Å²) in [7, 11) is 0. The van der Waals surface area contributed by atoms with Gasteiger partial charge in [-0.05, 0) is 31.9 Å². The van der Waals surface area contributed by atoms with Crippen LogP contribution in [-0.4, -0.2) is 46.2 Å². The lowest BCUT2D eigenvalue weighted by molar-refractivity contribution is -0.141. The van der Waals surface area contributed by atoms with Gasteiger partial charge in [-0.25, -0.2) is 4.98 Å². The minimum absolute atomic E-state index is 0.192. The van der Waals surface area contributed by atoms with E-state index in [4.69, 9.17) is 0 Å².